The van der Waals surface area contributed by atoms with E-state index >= 15 is 0 Å². The number of thiazole rings is 1. The molecule has 0 spiro atoms. The van der Waals surface area contributed by atoms with E-state index in [9.17, 15) is 4.79 Å². The molecule has 18 heavy (non-hydrogen) atoms. The van der Waals surface area contributed by atoms with E-state index in [1.807, 2.05) is 12.1 Å². The van der Waals surface area contributed by atoms with Gasteiger partial charge in [-0.2, -0.15) is 0 Å². The Morgan fingerprint density at radius 1 is 1.44 bits per heavy atom. The molecule has 6 heteroatoms. The summed E-state index contributed by atoms with van der Waals surface area (Å²) in [7, 11) is 0. The summed E-state index contributed by atoms with van der Waals surface area (Å²) in [5, 5.41) is 8.19. The predicted molar refractivity (Wildman–Crippen MR) is 74.8 cm³/mol. The van der Waals surface area contributed by atoms with Crippen LogP contribution in [0.3, 0.4) is 0 Å². The third kappa shape index (κ3) is 3.87. The van der Waals surface area contributed by atoms with Gasteiger partial charge in [-0.25, -0.2) is 9.78 Å². The highest BCUT2D eigenvalue weighted by atomic mass is 35.5. The van der Waals surface area contributed by atoms with Gasteiger partial charge in [0.15, 0.2) is 5.13 Å². The molecule has 0 aliphatic carbocycles. The van der Waals surface area contributed by atoms with Crippen LogP contribution < -0.4 is 10.6 Å². The molecule has 0 saturated heterocycles. The van der Waals surface area contributed by atoms with Gasteiger partial charge in [-0.05, 0) is 23.8 Å². The molecule has 0 aliphatic rings. The Morgan fingerprint density at radius 2 is 2.33 bits per heavy atom. The van der Waals surface area contributed by atoms with Gasteiger partial charge in [0.2, 0.25) is 0 Å². The lowest BCUT2D eigenvalue weighted by molar-refractivity contribution is 0.255. The van der Waals surface area contributed by atoms with Gasteiger partial charge in [-0.3, -0.25) is 5.32 Å². The molecule has 0 saturated carbocycles. The van der Waals surface area contributed by atoms with Crippen LogP contribution in [0, 0.1) is 0 Å². The first-order chi connectivity index (χ1) is 8.74. The van der Waals surface area contributed by atoms with Crippen molar-refractivity contribution in [3.63, 3.8) is 0 Å². The van der Waals surface area contributed by atoms with Crippen LogP contribution in [0.1, 0.15) is 5.56 Å². The van der Waals surface area contributed by atoms with E-state index in [4.69, 9.17) is 11.6 Å². The molecule has 2 rings (SSSR count). The number of nitrogens with zero attached hydrogens (tertiary/aromatic N) is 1. The van der Waals surface area contributed by atoms with Crippen LogP contribution >= 0.6 is 22.9 Å². The Bertz CT molecular complexity index is 554. The Kier molecular flexibility index (Phi) is 4.33. The van der Waals surface area contributed by atoms with Gasteiger partial charge in [-0.15, -0.1) is 11.3 Å². The lowest BCUT2D eigenvalue weighted by Gasteiger charge is -2.00. The van der Waals surface area contributed by atoms with Gasteiger partial charge in [0.1, 0.15) is 0 Å². The fourth-order valence-electron chi connectivity index (χ4n) is 1.24. The Labute approximate surface area is 113 Å². The summed E-state index contributed by atoms with van der Waals surface area (Å²) in [5.41, 5.74) is 0.914. The number of rotatable bonds is 3. The fourth-order valence-corrected chi connectivity index (χ4v) is 1.96. The van der Waals surface area contributed by atoms with Crippen molar-refractivity contribution in [2.24, 2.45) is 0 Å². The van der Waals surface area contributed by atoms with Crippen LogP contribution in [-0.2, 0) is 0 Å². The first-order valence-corrected chi connectivity index (χ1v) is 6.39. The molecule has 0 fully saturated rings. The number of carbonyl (C=O) groups is 1. The van der Waals surface area contributed by atoms with E-state index in [0.717, 1.165) is 5.56 Å². The second-order valence-corrected chi connectivity index (χ2v) is 4.66. The maximum absolute atomic E-state index is 11.4. The maximum Gasteiger partial charge on any atom is 0.325 e. The van der Waals surface area contributed by atoms with Crippen molar-refractivity contribution in [1.29, 1.82) is 0 Å². The average Bonchev–Trinajstić information content (AvgIpc) is 2.82. The van der Waals surface area contributed by atoms with Crippen molar-refractivity contribution in [2.45, 2.75) is 0 Å². The fraction of sp³-hybridized carbons (Fsp3) is 0. The highest BCUT2D eigenvalue weighted by Crippen LogP contribution is 2.11. The van der Waals surface area contributed by atoms with Crippen molar-refractivity contribution >= 4 is 40.2 Å². The first kappa shape index (κ1) is 12.6. The first-order valence-electron chi connectivity index (χ1n) is 5.13. The number of aromatic nitrogens is 1. The molecule has 1 aromatic heterocycles. The number of halogens is 1. The molecule has 1 heterocycles. The van der Waals surface area contributed by atoms with Crippen molar-refractivity contribution < 1.29 is 4.79 Å². The van der Waals surface area contributed by atoms with Crippen molar-refractivity contribution in [3.8, 4) is 0 Å². The Hall–Kier alpha value is -1.85. The Balaban J connectivity index is 1.86. The molecule has 0 bridgehead atoms. The molecule has 0 unspecified atom stereocenters. The number of amides is 2. The van der Waals surface area contributed by atoms with E-state index in [0.29, 0.717) is 10.2 Å². The van der Waals surface area contributed by atoms with Crippen LogP contribution in [0.4, 0.5) is 9.93 Å². The minimum absolute atomic E-state index is 0.330. The quantitative estimate of drug-likeness (QED) is 0.902. The lowest BCUT2D eigenvalue weighted by Crippen LogP contribution is -2.23. The van der Waals surface area contributed by atoms with E-state index in [1.165, 1.54) is 11.3 Å². The molecule has 0 aliphatic heterocycles. The zero-order valence-corrected chi connectivity index (χ0v) is 10.8. The number of nitrogens with one attached hydrogen (secondary N) is 2. The van der Waals surface area contributed by atoms with E-state index in [-0.39, 0.29) is 6.03 Å². The summed E-state index contributed by atoms with van der Waals surface area (Å²) in [6.45, 7) is 0. The van der Waals surface area contributed by atoms with Crippen LogP contribution in [0.5, 0.6) is 0 Å². The molecule has 2 amide bonds. The van der Waals surface area contributed by atoms with Gasteiger partial charge < -0.3 is 5.32 Å². The summed E-state index contributed by atoms with van der Waals surface area (Å²) in [5.74, 6) is 0. The van der Waals surface area contributed by atoms with Crippen LogP contribution in [0.15, 0.2) is 42.0 Å². The van der Waals surface area contributed by atoms with Gasteiger partial charge in [0.05, 0.1) is 0 Å². The number of hydrogen-bond donors (Lipinski definition) is 2. The predicted octanol–water partition coefficient (Wildman–Crippen LogP) is 3.59. The number of urea groups is 1. The van der Waals surface area contributed by atoms with Crippen molar-refractivity contribution in [1.82, 2.24) is 10.3 Å². The van der Waals surface area contributed by atoms with Crippen LogP contribution in [0.25, 0.3) is 6.08 Å². The number of anilines is 1. The van der Waals surface area contributed by atoms with Gasteiger partial charge in [0, 0.05) is 22.8 Å². The summed E-state index contributed by atoms with van der Waals surface area (Å²) >= 11 is 7.20. The molecule has 0 atom stereocenters. The van der Waals surface area contributed by atoms with Gasteiger partial charge in [-0.1, -0.05) is 23.7 Å². The largest absolute Gasteiger partial charge is 0.325 e. The minimum Gasteiger partial charge on any atom is -0.314 e. The van der Waals surface area contributed by atoms with Crippen LogP contribution in [0.2, 0.25) is 5.02 Å². The summed E-state index contributed by atoms with van der Waals surface area (Å²) in [6.07, 6.45) is 4.93. The minimum atomic E-state index is -0.330. The number of carbonyl (C=O) groups excluding carboxylic acids is 1. The van der Waals surface area contributed by atoms with Gasteiger partial charge in [0.25, 0.3) is 0 Å². The number of benzene rings is 1. The molecule has 4 nitrogen and oxygen atoms in total. The average molecular weight is 280 g/mol. The molecule has 0 radical (unpaired) electrons. The monoisotopic (exact) mass is 279 g/mol. The summed E-state index contributed by atoms with van der Waals surface area (Å²) < 4.78 is 0. The Morgan fingerprint density at radius 3 is 3.06 bits per heavy atom. The molecule has 92 valence electrons. The number of hydrogen-bond acceptors (Lipinski definition) is 3. The van der Waals surface area contributed by atoms with E-state index in [1.54, 1.807) is 36.0 Å². The molecular weight excluding hydrogens is 270 g/mol. The van der Waals surface area contributed by atoms with E-state index < -0.39 is 0 Å². The molecule has 1 aromatic carbocycles. The smallest absolute Gasteiger partial charge is 0.314 e. The topological polar surface area (TPSA) is 54.0 Å². The SMILES string of the molecule is O=C(N/C=C/c1cccc(Cl)c1)Nc1nccs1. The summed E-state index contributed by atoms with van der Waals surface area (Å²) in [4.78, 5) is 15.4. The molecule has 2 N–H and O–H groups in total. The zero-order valence-electron chi connectivity index (χ0n) is 9.26. The van der Waals surface area contributed by atoms with Gasteiger partial charge >= 0.3 is 6.03 Å². The molecule has 2 aromatic rings. The van der Waals surface area contributed by atoms with Crippen molar-refractivity contribution in [3.05, 3.63) is 52.6 Å². The van der Waals surface area contributed by atoms with Crippen molar-refractivity contribution in [2.75, 3.05) is 5.32 Å². The second kappa shape index (κ2) is 6.18. The third-order valence-corrected chi connectivity index (χ3v) is 2.92. The second-order valence-electron chi connectivity index (χ2n) is 3.32. The maximum atomic E-state index is 11.4. The third-order valence-electron chi connectivity index (χ3n) is 1.99. The van der Waals surface area contributed by atoms with Crippen LogP contribution in [-0.4, -0.2) is 11.0 Å². The summed E-state index contributed by atoms with van der Waals surface area (Å²) in [6, 6.07) is 7.00. The molecular formula is C12H10ClN3OS. The normalized spacial score (nSPS) is 10.5. The van der Waals surface area contributed by atoms with E-state index in [2.05, 4.69) is 15.6 Å². The standard InChI is InChI=1S/C12H10ClN3OS/c13-10-3-1-2-9(8-10)4-5-14-11(17)16-12-15-6-7-18-12/h1-8H,(H2,14,15,16,17)/b5-4+. The lowest BCUT2D eigenvalue weighted by atomic mass is 10.2. The highest BCUT2D eigenvalue weighted by Gasteiger charge is 1.99. The zero-order chi connectivity index (χ0) is 12.8. The highest BCUT2D eigenvalue weighted by molar-refractivity contribution is 7.13.